The summed E-state index contributed by atoms with van der Waals surface area (Å²) in [7, 11) is 0. The monoisotopic (exact) mass is 445 g/mol. The molecule has 1 fully saturated rings. The zero-order chi connectivity index (χ0) is 24.2. The Labute approximate surface area is 196 Å². The van der Waals surface area contributed by atoms with Crippen molar-refractivity contribution in [2.24, 2.45) is 17.3 Å². The molecular formula is C26H31N5O2. The van der Waals surface area contributed by atoms with Crippen LogP contribution in [0.5, 0.6) is 11.5 Å². The average Bonchev–Trinajstić information content (AvgIpc) is 2.80. The third-order valence-electron chi connectivity index (χ3n) is 6.39. The maximum atomic E-state index is 10.3. The van der Waals surface area contributed by atoms with Gasteiger partial charge in [-0.1, -0.05) is 19.1 Å². The average molecular weight is 446 g/mol. The zero-order valence-electron chi connectivity index (χ0n) is 19.8. The highest BCUT2D eigenvalue weighted by atomic mass is 16.5. The fraction of sp³-hybridized carbons (Fsp3) is 0.538. The smallest absolute Gasteiger partial charge is 0.189 e. The Morgan fingerprint density at radius 2 is 1.91 bits per heavy atom. The number of hydrogen-bond acceptors (Lipinski definition) is 7. The standard InChI is InChI=1S/C26H31N5O2/c1-5-10-31-11-9-19-20(13-27)25(30)26(15-28,16-29)24(21(19)14-31)18-7-8-22(33-17(3)4)23(12-18)32-6-2/h7-9,12,17,20-21,24,30H,5-6,10-11,14H2,1-4H3/t20?,21-,24+/m0/s1. The highest BCUT2D eigenvalue weighted by Gasteiger charge is 2.57. The van der Waals surface area contributed by atoms with Crippen LogP contribution in [0.15, 0.2) is 29.8 Å². The normalized spacial score (nSPS) is 24.1. The first kappa shape index (κ1) is 24.3. The topological polar surface area (TPSA) is 117 Å². The second kappa shape index (κ2) is 10.1. The number of benzene rings is 1. The molecule has 7 heteroatoms. The molecule has 1 unspecified atom stereocenters. The molecule has 7 nitrogen and oxygen atoms in total. The lowest BCUT2D eigenvalue weighted by atomic mass is 9.54. The fourth-order valence-corrected chi connectivity index (χ4v) is 5.08. The Morgan fingerprint density at radius 1 is 1.18 bits per heavy atom. The minimum atomic E-state index is -1.73. The predicted octanol–water partition coefficient (Wildman–Crippen LogP) is 4.43. The van der Waals surface area contributed by atoms with Gasteiger partial charge in [0.25, 0.3) is 0 Å². The second-order valence-corrected chi connectivity index (χ2v) is 8.86. The van der Waals surface area contributed by atoms with Crippen LogP contribution in [0.1, 0.15) is 45.6 Å². The molecule has 172 valence electrons. The number of hydrogen-bond donors (Lipinski definition) is 1. The van der Waals surface area contributed by atoms with Crippen LogP contribution < -0.4 is 9.47 Å². The third kappa shape index (κ3) is 4.32. The Hall–Kier alpha value is -3.34. The minimum absolute atomic E-state index is 0.0397. The van der Waals surface area contributed by atoms with Gasteiger partial charge >= 0.3 is 0 Å². The van der Waals surface area contributed by atoms with Crippen LogP contribution in [0, 0.1) is 56.7 Å². The number of nitriles is 3. The van der Waals surface area contributed by atoms with Gasteiger partial charge in [0, 0.05) is 24.9 Å². The largest absolute Gasteiger partial charge is 0.490 e. The van der Waals surface area contributed by atoms with E-state index in [-0.39, 0.29) is 17.7 Å². The Morgan fingerprint density at radius 3 is 2.48 bits per heavy atom. The molecule has 1 aromatic rings. The van der Waals surface area contributed by atoms with Crippen LogP contribution in [-0.2, 0) is 0 Å². The summed E-state index contributed by atoms with van der Waals surface area (Å²) < 4.78 is 11.7. The van der Waals surface area contributed by atoms with Crippen molar-refractivity contribution >= 4 is 5.71 Å². The molecule has 33 heavy (non-hydrogen) atoms. The highest BCUT2D eigenvalue weighted by Crippen LogP contribution is 2.54. The van der Waals surface area contributed by atoms with E-state index in [4.69, 9.17) is 14.9 Å². The van der Waals surface area contributed by atoms with Gasteiger partial charge < -0.3 is 14.9 Å². The van der Waals surface area contributed by atoms with Gasteiger partial charge in [0.05, 0.1) is 36.6 Å². The van der Waals surface area contributed by atoms with Crippen molar-refractivity contribution in [2.75, 3.05) is 26.2 Å². The molecule has 1 aliphatic carbocycles. The van der Waals surface area contributed by atoms with E-state index in [9.17, 15) is 15.8 Å². The number of nitrogens with zero attached hydrogens (tertiary/aromatic N) is 4. The molecule has 3 atom stereocenters. The van der Waals surface area contributed by atoms with E-state index in [1.807, 2.05) is 45.0 Å². The number of ether oxygens (including phenoxy) is 2. The van der Waals surface area contributed by atoms with Gasteiger partial charge in [0.1, 0.15) is 5.92 Å². The SMILES string of the molecule is CCCN1CC=C2C(C#N)C(=N)C(C#N)(C#N)[C@H](c3ccc(OC(C)C)c(OCC)c3)[C@H]2C1. The van der Waals surface area contributed by atoms with Crippen LogP contribution in [0.2, 0.25) is 0 Å². The van der Waals surface area contributed by atoms with Gasteiger partial charge in [-0.25, -0.2) is 0 Å². The highest BCUT2D eigenvalue weighted by molar-refractivity contribution is 6.00. The first-order valence-corrected chi connectivity index (χ1v) is 11.5. The molecule has 1 aliphatic heterocycles. The quantitative estimate of drug-likeness (QED) is 0.621. The Balaban J connectivity index is 2.20. The molecule has 3 rings (SSSR count). The van der Waals surface area contributed by atoms with E-state index in [1.165, 1.54) is 0 Å². The maximum Gasteiger partial charge on any atom is 0.189 e. The lowest BCUT2D eigenvalue weighted by Crippen LogP contribution is -2.52. The molecule has 1 heterocycles. The lowest BCUT2D eigenvalue weighted by Gasteiger charge is -2.47. The van der Waals surface area contributed by atoms with Crippen LogP contribution in [0.25, 0.3) is 0 Å². The molecule has 0 aromatic heterocycles. The summed E-state index contributed by atoms with van der Waals surface area (Å²) in [5, 5.41) is 39.2. The third-order valence-corrected chi connectivity index (χ3v) is 6.39. The second-order valence-electron chi connectivity index (χ2n) is 8.86. The van der Waals surface area contributed by atoms with Gasteiger partial charge in [0.2, 0.25) is 0 Å². The van der Waals surface area contributed by atoms with Crippen molar-refractivity contribution in [2.45, 2.75) is 46.1 Å². The van der Waals surface area contributed by atoms with E-state index in [2.05, 4.69) is 30.0 Å². The number of nitrogens with one attached hydrogen (secondary N) is 1. The summed E-state index contributed by atoms with van der Waals surface area (Å²) in [6.07, 6.45) is 2.97. The van der Waals surface area contributed by atoms with Crippen molar-refractivity contribution in [3.63, 3.8) is 0 Å². The van der Waals surface area contributed by atoms with Gasteiger partial charge in [-0.2, -0.15) is 15.8 Å². The zero-order valence-corrected chi connectivity index (χ0v) is 19.8. The van der Waals surface area contributed by atoms with Crippen LogP contribution in [0.4, 0.5) is 0 Å². The van der Waals surface area contributed by atoms with Crippen molar-refractivity contribution in [1.29, 1.82) is 21.2 Å². The van der Waals surface area contributed by atoms with E-state index in [0.29, 0.717) is 31.2 Å². The minimum Gasteiger partial charge on any atom is -0.490 e. The molecule has 1 saturated carbocycles. The summed E-state index contributed by atoms with van der Waals surface area (Å²) >= 11 is 0. The van der Waals surface area contributed by atoms with E-state index in [1.54, 1.807) is 0 Å². The maximum absolute atomic E-state index is 10.3. The first-order chi connectivity index (χ1) is 15.9. The van der Waals surface area contributed by atoms with Gasteiger partial charge in [-0.05, 0) is 57.0 Å². The van der Waals surface area contributed by atoms with Crippen molar-refractivity contribution < 1.29 is 9.47 Å². The van der Waals surface area contributed by atoms with Crippen molar-refractivity contribution in [3.05, 3.63) is 35.4 Å². The summed E-state index contributed by atoms with van der Waals surface area (Å²) in [4.78, 5) is 2.28. The molecular weight excluding hydrogens is 414 g/mol. The molecule has 0 amide bonds. The van der Waals surface area contributed by atoms with E-state index < -0.39 is 17.3 Å². The summed E-state index contributed by atoms with van der Waals surface area (Å²) in [5.74, 6) is -0.529. The van der Waals surface area contributed by atoms with Gasteiger partial charge in [0.15, 0.2) is 16.9 Å². The lowest BCUT2D eigenvalue weighted by molar-refractivity contribution is 0.203. The van der Waals surface area contributed by atoms with Gasteiger partial charge in [-0.15, -0.1) is 0 Å². The van der Waals surface area contributed by atoms with Crippen molar-refractivity contribution in [1.82, 2.24) is 4.90 Å². The molecule has 1 N–H and O–H groups in total. The number of rotatable bonds is 7. The fourth-order valence-electron chi connectivity index (χ4n) is 5.08. The van der Waals surface area contributed by atoms with E-state index >= 15 is 0 Å². The molecule has 1 aromatic carbocycles. The van der Waals surface area contributed by atoms with Crippen LogP contribution in [0.3, 0.4) is 0 Å². The van der Waals surface area contributed by atoms with Crippen molar-refractivity contribution in [3.8, 4) is 29.7 Å². The Kier molecular flexibility index (Phi) is 7.42. The molecule has 0 spiro atoms. The number of fused-ring (bicyclic) bond motifs is 1. The molecule has 0 radical (unpaired) electrons. The van der Waals surface area contributed by atoms with Gasteiger partial charge in [-0.3, -0.25) is 4.90 Å². The summed E-state index contributed by atoms with van der Waals surface area (Å²) in [6.45, 7) is 10.5. The van der Waals surface area contributed by atoms with E-state index in [0.717, 1.165) is 24.1 Å². The first-order valence-electron chi connectivity index (χ1n) is 11.5. The summed E-state index contributed by atoms with van der Waals surface area (Å²) in [6, 6.07) is 12.0. The van der Waals surface area contributed by atoms with Crippen LogP contribution >= 0.6 is 0 Å². The predicted molar refractivity (Wildman–Crippen MR) is 125 cm³/mol. The Bertz CT molecular complexity index is 1040. The molecule has 2 aliphatic rings. The summed E-state index contributed by atoms with van der Waals surface area (Å²) in [5.41, 5.74) is -0.275. The molecule has 0 bridgehead atoms. The molecule has 0 saturated heterocycles. The van der Waals surface area contributed by atoms with Crippen LogP contribution in [-0.4, -0.2) is 43.0 Å².